The Labute approximate surface area is 108 Å². The third kappa shape index (κ3) is 3.57. The lowest BCUT2D eigenvalue weighted by atomic mass is 10.0. The van der Waals surface area contributed by atoms with E-state index in [1.165, 1.54) is 0 Å². The van der Waals surface area contributed by atoms with E-state index in [0.29, 0.717) is 23.6 Å². The van der Waals surface area contributed by atoms with Gasteiger partial charge in [-0.3, -0.25) is 4.79 Å². The molecular weight excluding hydrogens is 226 g/mol. The first kappa shape index (κ1) is 14.2. The van der Waals surface area contributed by atoms with Crippen LogP contribution in [-0.2, 0) is 4.79 Å². The van der Waals surface area contributed by atoms with E-state index in [1.807, 2.05) is 26.8 Å². The molecule has 0 saturated carbocycles. The minimum atomic E-state index is -0.544. The number of amides is 1. The van der Waals surface area contributed by atoms with Crippen LogP contribution < -0.4 is 11.1 Å². The number of anilines is 1. The normalized spacial score (nSPS) is 12.0. The monoisotopic (exact) mass is 245 g/mol. The van der Waals surface area contributed by atoms with Crippen molar-refractivity contribution in [2.45, 2.75) is 33.2 Å². The Hall–Kier alpha value is -1.86. The zero-order valence-electron chi connectivity index (χ0n) is 11.0. The van der Waals surface area contributed by atoms with Crippen LogP contribution in [0.5, 0.6) is 0 Å². The second-order valence-electron chi connectivity index (χ2n) is 4.83. The average Bonchev–Trinajstić information content (AvgIpc) is 2.28. The molecule has 0 aliphatic heterocycles. The van der Waals surface area contributed by atoms with Crippen LogP contribution in [0.3, 0.4) is 0 Å². The summed E-state index contributed by atoms with van der Waals surface area (Å²) in [6.07, 6.45) is 0.625. The third-order valence-electron chi connectivity index (χ3n) is 2.70. The maximum Gasteiger partial charge on any atom is 0.241 e. The van der Waals surface area contributed by atoms with Gasteiger partial charge in [0.2, 0.25) is 5.91 Å². The summed E-state index contributed by atoms with van der Waals surface area (Å²) in [6.45, 7) is 5.86. The van der Waals surface area contributed by atoms with Crippen molar-refractivity contribution in [2.24, 2.45) is 11.7 Å². The first-order chi connectivity index (χ1) is 8.45. The molecule has 1 atom stereocenters. The molecule has 0 heterocycles. The molecule has 18 heavy (non-hydrogen) atoms. The van der Waals surface area contributed by atoms with Gasteiger partial charge in [0, 0.05) is 0 Å². The first-order valence-electron chi connectivity index (χ1n) is 6.01. The van der Waals surface area contributed by atoms with E-state index in [4.69, 9.17) is 11.0 Å². The van der Waals surface area contributed by atoms with Crippen molar-refractivity contribution in [3.8, 4) is 6.07 Å². The second-order valence-corrected chi connectivity index (χ2v) is 4.83. The Morgan fingerprint density at radius 2 is 2.17 bits per heavy atom. The molecule has 0 aliphatic rings. The molecule has 4 heteroatoms. The van der Waals surface area contributed by atoms with Crippen LogP contribution in [0.1, 0.15) is 31.4 Å². The number of hydrogen-bond donors (Lipinski definition) is 2. The highest BCUT2D eigenvalue weighted by molar-refractivity contribution is 5.95. The van der Waals surface area contributed by atoms with Crippen molar-refractivity contribution in [1.29, 1.82) is 5.26 Å². The van der Waals surface area contributed by atoms with Gasteiger partial charge in [-0.05, 0) is 30.9 Å². The highest BCUT2D eigenvalue weighted by Crippen LogP contribution is 2.18. The Balaban J connectivity index is 2.83. The summed E-state index contributed by atoms with van der Waals surface area (Å²) < 4.78 is 0. The molecule has 0 radical (unpaired) electrons. The summed E-state index contributed by atoms with van der Waals surface area (Å²) in [5, 5.41) is 11.8. The Morgan fingerprint density at radius 1 is 1.50 bits per heavy atom. The van der Waals surface area contributed by atoms with Gasteiger partial charge in [0.25, 0.3) is 0 Å². The predicted molar refractivity (Wildman–Crippen MR) is 72.0 cm³/mol. The molecule has 0 saturated heterocycles. The van der Waals surface area contributed by atoms with Gasteiger partial charge in [0.15, 0.2) is 0 Å². The maximum atomic E-state index is 11.9. The number of hydrogen-bond acceptors (Lipinski definition) is 3. The number of rotatable bonds is 4. The van der Waals surface area contributed by atoms with Crippen molar-refractivity contribution in [1.82, 2.24) is 0 Å². The number of aryl methyl sites for hydroxylation is 1. The highest BCUT2D eigenvalue weighted by Gasteiger charge is 2.16. The summed E-state index contributed by atoms with van der Waals surface area (Å²) >= 11 is 0. The average molecular weight is 245 g/mol. The molecule has 0 unspecified atom stereocenters. The molecule has 1 amide bonds. The van der Waals surface area contributed by atoms with Crippen molar-refractivity contribution >= 4 is 11.6 Å². The number of nitrogens with one attached hydrogen (secondary N) is 1. The van der Waals surface area contributed by atoms with Gasteiger partial charge in [0.1, 0.15) is 6.07 Å². The third-order valence-corrected chi connectivity index (χ3v) is 2.70. The second kappa shape index (κ2) is 6.18. The number of carbonyl (C=O) groups excluding carboxylic acids is 1. The van der Waals surface area contributed by atoms with Gasteiger partial charge in [0.05, 0.1) is 17.3 Å². The summed E-state index contributed by atoms with van der Waals surface area (Å²) in [5.74, 6) is 0.115. The molecule has 1 rings (SSSR count). The fraction of sp³-hybridized carbons (Fsp3) is 0.429. The molecule has 1 aromatic rings. The van der Waals surface area contributed by atoms with E-state index in [-0.39, 0.29) is 5.91 Å². The van der Waals surface area contributed by atoms with E-state index < -0.39 is 6.04 Å². The van der Waals surface area contributed by atoms with E-state index >= 15 is 0 Å². The van der Waals surface area contributed by atoms with Gasteiger partial charge in [-0.2, -0.15) is 5.26 Å². The lowest BCUT2D eigenvalue weighted by Crippen LogP contribution is -2.36. The molecule has 0 spiro atoms. The van der Waals surface area contributed by atoms with Gasteiger partial charge in [-0.15, -0.1) is 0 Å². The van der Waals surface area contributed by atoms with Crippen LogP contribution in [0, 0.1) is 24.2 Å². The van der Waals surface area contributed by atoms with Crippen molar-refractivity contribution in [3.63, 3.8) is 0 Å². The molecule has 1 aromatic carbocycles. The molecule has 96 valence electrons. The van der Waals surface area contributed by atoms with Crippen LogP contribution in [0.15, 0.2) is 18.2 Å². The molecule has 0 aliphatic carbocycles. The molecule has 3 N–H and O–H groups in total. The maximum absolute atomic E-state index is 11.9. The van der Waals surface area contributed by atoms with Gasteiger partial charge >= 0.3 is 0 Å². The quantitative estimate of drug-likeness (QED) is 0.853. The SMILES string of the molecule is Cc1cccc(NC(=O)[C@H](N)CC(C)C)c1C#N. The zero-order valence-corrected chi connectivity index (χ0v) is 11.0. The van der Waals surface area contributed by atoms with Gasteiger partial charge in [-0.1, -0.05) is 26.0 Å². The Morgan fingerprint density at radius 3 is 2.72 bits per heavy atom. The Kier molecular flexibility index (Phi) is 4.87. The summed E-state index contributed by atoms with van der Waals surface area (Å²) in [4.78, 5) is 11.9. The topological polar surface area (TPSA) is 78.9 Å². The zero-order chi connectivity index (χ0) is 13.7. The summed E-state index contributed by atoms with van der Waals surface area (Å²) in [5.41, 5.74) is 7.66. The van der Waals surface area contributed by atoms with E-state index in [2.05, 4.69) is 11.4 Å². The first-order valence-corrected chi connectivity index (χ1v) is 6.01. The lowest BCUT2D eigenvalue weighted by molar-refractivity contribution is -0.117. The van der Waals surface area contributed by atoms with Crippen LogP contribution in [-0.4, -0.2) is 11.9 Å². The predicted octanol–water partition coefficient (Wildman–Crippen LogP) is 2.18. The molecule has 0 aromatic heterocycles. The van der Waals surface area contributed by atoms with Crippen LogP contribution in [0.4, 0.5) is 5.69 Å². The molecule has 0 fully saturated rings. The number of nitriles is 1. The van der Waals surface area contributed by atoms with Crippen LogP contribution in [0.25, 0.3) is 0 Å². The fourth-order valence-electron chi connectivity index (χ4n) is 1.76. The van der Waals surface area contributed by atoms with Gasteiger partial charge < -0.3 is 11.1 Å². The fourth-order valence-corrected chi connectivity index (χ4v) is 1.76. The summed E-state index contributed by atoms with van der Waals surface area (Å²) in [7, 11) is 0. The largest absolute Gasteiger partial charge is 0.324 e. The minimum absolute atomic E-state index is 0.245. The lowest BCUT2D eigenvalue weighted by Gasteiger charge is -2.15. The van der Waals surface area contributed by atoms with Crippen LogP contribution >= 0.6 is 0 Å². The summed E-state index contributed by atoms with van der Waals surface area (Å²) in [6, 6.07) is 6.90. The van der Waals surface area contributed by atoms with Crippen molar-refractivity contribution < 1.29 is 4.79 Å². The standard InChI is InChI=1S/C14H19N3O/c1-9(2)7-12(16)14(18)17-13-6-4-5-10(3)11(13)8-15/h4-6,9,12H,7,16H2,1-3H3,(H,17,18)/t12-/m1/s1. The smallest absolute Gasteiger partial charge is 0.241 e. The van der Waals surface area contributed by atoms with Crippen molar-refractivity contribution in [2.75, 3.05) is 5.32 Å². The number of nitrogens with two attached hydrogens (primary N) is 1. The minimum Gasteiger partial charge on any atom is -0.324 e. The van der Waals surface area contributed by atoms with Gasteiger partial charge in [-0.25, -0.2) is 0 Å². The van der Waals surface area contributed by atoms with E-state index in [0.717, 1.165) is 5.56 Å². The molecule has 4 nitrogen and oxygen atoms in total. The Bertz CT molecular complexity index is 474. The van der Waals surface area contributed by atoms with Crippen molar-refractivity contribution in [3.05, 3.63) is 29.3 Å². The molecular formula is C14H19N3O. The number of nitrogens with zero attached hydrogens (tertiary/aromatic N) is 1. The van der Waals surface area contributed by atoms with E-state index in [1.54, 1.807) is 12.1 Å². The number of benzene rings is 1. The number of carbonyl (C=O) groups is 1. The van der Waals surface area contributed by atoms with Crippen LogP contribution in [0.2, 0.25) is 0 Å². The molecule has 0 bridgehead atoms. The van der Waals surface area contributed by atoms with E-state index in [9.17, 15) is 4.79 Å². The highest BCUT2D eigenvalue weighted by atomic mass is 16.2.